The maximum atomic E-state index is 13.7. The lowest BCUT2D eigenvalue weighted by molar-refractivity contribution is 0.102. The molecule has 11 heteroatoms. The topological polar surface area (TPSA) is 101 Å². The van der Waals surface area contributed by atoms with Crippen LogP contribution in [-0.2, 0) is 0 Å². The number of piperidine rings is 1. The van der Waals surface area contributed by atoms with Gasteiger partial charge in [-0.15, -0.1) is 0 Å². The Hall–Kier alpha value is -3.08. The van der Waals surface area contributed by atoms with Crippen LogP contribution in [0.15, 0.2) is 24.7 Å². The first-order valence-corrected chi connectivity index (χ1v) is 11.5. The van der Waals surface area contributed by atoms with Gasteiger partial charge in [-0.05, 0) is 31.7 Å². The van der Waals surface area contributed by atoms with Crippen LogP contribution in [0.5, 0.6) is 0 Å². The molecule has 176 valence electrons. The largest absolute Gasteiger partial charge is 0.393 e. The number of hydrogen-bond acceptors (Lipinski definition) is 6. The number of anilines is 2. The summed E-state index contributed by atoms with van der Waals surface area (Å²) in [4.78, 5) is 19.7. The molecule has 0 aromatic carbocycles. The van der Waals surface area contributed by atoms with Crippen molar-refractivity contribution >= 4 is 23.1 Å². The number of fused-ring (bicyclic) bond motifs is 1. The van der Waals surface area contributed by atoms with Crippen molar-refractivity contribution in [1.82, 2.24) is 24.4 Å². The highest BCUT2D eigenvalue weighted by atomic mass is 19.3. The maximum absolute atomic E-state index is 13.7. The Balaban J connectivity index is 1.40. The molecule has 1 aliphatic heterocycles. The molecule has 3 aromatic heterocycles. The highest BCUT2D eigenvalue weighted by Gasteiger charge is 2.26. The van der Waals surface area contributed by atoms with Crippen molar-refractivity contribution in [1.29, 1.82) is 0 Å². The number of rotatable bonds is 5. The minimum Gasteiger partial charge on any atom is -0.393 e. The predicted octanol–water partition coefficient (Wildman–Crippen LogP) is 3.58. The van der Waals surface area contributed by atoms with Crippen LogP contribution in [0.4, 0.5) is 20.3 Å². The zero-order valence-electron chi connectivity index (χ0n) is 18.2. The van der Waals surface area contributed by atoms with Crippen molar-refractivity contribution in [2.75, 3.05) is 23.3 Å². The fourth-order valence-corrected chi connectivity index (χ4v) is 4.68. The molecule has 3 aromatic rings. The molecule has 1 aliphatic carbocycles. The molecule has 5 rings (SSSR count). The van der Waals surface area contributed by atoms with E-state index in [1.807, 2.05) is 11.0 Å². The van der Waals surface area contributed by atoms with Gasteiger partial charge in [0.05, 0.1) is 24.0 Å². The van der Waals surface area contributed by atoms with Crippen molar-refractivity contribution < 1.29 is 18.7 Å². The molecule has 0 atom stereocenters. The Kier molecular flexibility index (Phi) is 5.96. The summed E-state index contributed by atoms with van der Waals surface area (Å²) >= 11 is 0. The first kappa shape index (κ1) is 21.7. The second-order valence-corrected chi connectivity index (χ2v) is 8.79. The smallest absolute Gasteiger partial charge is 0.284 e. The summed E-state index contributed by atoms with van der Waals surface area (Å²) in [6, 6.07) is 1.88. The molecular weight excluding hydrogens is 432 g/mol. The second kappa shape index (κ2) is 9.05. The van der Waals surface area contributed by atoms with Gasteiger partial charge in [0.25, 0.3) is 12.3 Å². The van der Waals surface area contributed by atoms with Crippen LogP contribution in [0, 0.1) is 0 Å². The summed E-state index contributed by atoms with van der Waals surface area (Å²) in [7, 11) is 0. The monoisotopic (exact) mass is 459 g/mol. The van der Waals surface area contributed by atoms with Crippen LogP contribution < -0.4 is 10.2 Å². The molecule has 2 fully saturated rings. The van der Waals surface area contributed by atoms with Crippen LogP contribution >= 0.6 is 0 Å². The van der Waals surface area contributed by atoms with Crippen molar-refractivity contribution in [3.8, 4) is 0 Å². The van der Waals surface area contributed by atoms with Crippen LogP contribution in [0.2, 0.25) is 0 Å². The number of aliphatic hydroxyl groups excluding tert-OH is 1. The summed E-state index contributed by atoms with van der Waals surface area (Å²) in [5, 5.41) is 20.6. The molecule has 2 N–H and O–H groups in total. The van der Waals surface area contributed by atoms with Gasteiger partial charge in [0.2, 0.25) is 0 Å². The normalized spacial score (nSPS) is 18.4. The number of alkyl halides is 2. The van der Waals surface area contributed by atoms with Crippen LogP contribution in [-0.4, -0.2) is 54.6 Å². The van der Waals surface area contributed by atoms with Gasteiger partial charge < -0.3 is 15.3 Å². The van der Waals surface area contributed by atoms with E-state index in [0.29, 0.717) is 37.4 Å². The van der Waals surface area contributed by atoms with E-state index in [9.17, 15) is 18.7 Å². The van der Waals surface area contributed by atoms with Gasteiger partial charge >= 0.3 is 0 Å². The zero-order valence-corrected chi connectivity index (χ0v) is 18.2. The Morgan fingerprint density at radius 3 is 2.64 bits per heavy atom. The number of nitrogens with zero attached hydrogens (tertiary/aromatic N) is 6. The first-order valence-electron chi connectivity index (χ1n) is 11.5. The minimum atomic E-state index is -2.80. The van der Waals surface area contributed by atoms with Gasteiger partial charge in [0.15, 0.2) is 11.3 Å². The standard InChI is InChI=1S/C22H27F2N7O2/c23-20(24)19-17(13-31(28-19)14-4-2-1-3-5-14)26-22(33)16-12-25-30-11-8-18(27-21(16)30)29-9-6-15(32)7-10-29/h8,11-15,20,32H,1-7,9-10H2,(H,26,33). The van der Waals surface area contributed by atoms with E-state index in [2.05, 4.69) is 20.5 Å². The predicted molar refractivity (Wildman–Crippen MR) is 118 cm³/mol. The maximum Gasteiger partial charge on any atom is 0.284 e. The number of aliphatic hydroxyl groups is 1. The van der Waals surface area contributed by atoms with Crippen LogP contribution in [0.1, 0.15) is 73.5 Å². The van der Waals surface area contributed by atoms with Gasteiger partial charge in [-0.25, -0.2) is 18.3 Å². The van der Waals surface area contributed by atoms with E-state index in [0.717, 1.165) is 32.1 Å². The van der Waals surface area contributed by atoms with E-state index < -0.39 is 18.0 Å². The average Bonchev–Trinajstić information content (AvgIpc) is 3.44. The molecule has 4 heterocycles. The highest BCUT2D eigenvalue weighted by molar-refractivity contribution is 6.08. The minimum absolute atomic E-state index is 0.0149. The Bertz CT molecular complexity index is 1130. The van der Waals surface area contributed by atoms with Crippen LogP contribution in [0.25, 0.3) is 5.65 Å². The van der Waals surface area contributed by atoms with Gasteiger partial charge in [-0.3, -0.25) is 9.48 Å². The molecule has 33 heavy (non-hydrogen) atoms. The van der Waals surface area contributed by atoms with Crippen molar-refractivity contribution in [2.45, 2.75) is 63.5 Å². The fourth-order valence-electron chi connectivity index (χ4n) is 4.68. The Labute approximate surface area is 189 Å². The third-order valence-corrected chi connectivity index (χ3v) is 6.55. The molecule has 0 radical (unpaired) electrons. The number of halogens is 2. The highest BCUT2D eigenvalue weighted by Crippen LogP contribution is 2.32. The number of hydrogen-bond donors (Lipinski definition) is 2. The molecule has 9 nitrogen and oxygen atoms in total. The lowest BCUT2D eigenvalue weighted by Gasteiger charge is -2.30. The van der Waals surface area contributed by atoms with E-state index in [1.54, 1.807) is 10.9 Å². The summed E-state index contributed by atoms with van der Waals surface area (Å²) in [6.07, 6.45) is 7.84. The summed E-state index contributed by atoms with van der Waals surface area (Å²) in [5.41, 5.74) is 0.126. The number of carbonyl (C=O) groups is 1. The molecular formula is C22H27F2N7O2. The number of nitrogens with one attached hydrogen (secondary N) is 1. The summed E-state index contributed by atoms with van der Waals surface area (Å²) < 4.78 is 30.4. The lowest BCUT2D eigenvalue weighted by Crippen LogP contribution is -2.36. The summed E-state index contributed by atoms with van der Waals surface area (Å²) in [5.74, 6) is 0.121. The van der Waals surface area contributed by atoms with Crippen molar-refractivity contribution in [2.24, 2.45) is 0 Å². The van der Waals surface area contributed by atoms with Crippen molar-refractivity contribution in [3.63, 3.8) is 0 Å². The quantitative estimate of drug-likeness (QED) is 0.605. The van der Waals surface area contributed by atoms with Gasteiger partial charge in [0.1, 0.15) is 11.4 Å². The second-order valence-electron chi connectivity index (χ2n) is 8.79. The Morgan fingerprint density at radius 2 is 1.91 bits per heavy atom. The number of amides is 1. The average molecular weight is 460 g/mol. The lowest BCUT2D eigenvalue weighted by atomic mass is 9.96. The van der Waals surface area contributed by atoms with E-state index >= 15 is 0 Å². The zero-order chi connectivity index (χ0) is 22.9. The van der Waals surface area contributed by atoms with Crippen molar-refractivity contribution in [3.05, 3.63) is 35.9 Å². The van der Waals surface area contributed by atoms with Gasteiger partial charge in [-0.1, -0.05) is 19.3 Å². The molecule has 1 saturated heterocycles. The van der Waals surface area contributed by atoms with E-state index in [4.69, 9.17) is 0 Å². The third kappa shape index (κ3) is 4.41. The van der Waals surface area contributed by atoms with Gasteiger partial charge in [0, 0.05) is 25.5 Å². The molecule has 1 amide bonds. The molecule has 0 unspecified atom stereocenters. The van der Waals surface area contributed by atoms with E-state index in [-0.39, 0.29) is 23.4 Å². The van der Waals surface area contributed by atoms with Gasteiger partial charge in [-0.2, -0.15) is 10.2 Å². The third-order valence-electron chi connectivity index (χ3n) is 6.55. The molecule has 0 bridgehead atoms. The van der Waals surface area contributed by atoms with E-state index in [1.165, 1.54) is 16.9 Å². The summed E-state index contributed by atoms with van der Waals surface area (Å²) in [6.45, 7) is 1.33. The number of aromatic nitrogens is 5. The SMILES string of the molecule is O=C(Nc1cn(C2CCCCC2)nc1C(F)F)c1cnn2ccc(N3CCC(O)CC3)nc12. The fraction of sp³-hybridized carbons (Fsp3) is 0.545. The Morgan fingerprint density at radius 1 is 1.15 bits per heavy atom. The molecule has 1 saturated carbocycles. The van der Waals surface area contributed by atoms with Crippen LogP contribution in [0.3, 0.4) is 0 Å². The molecule has 2 aliphatic rings. The molecule has 0 spiro atoms. The number of carbonyl (C=O) groups excluding carboxylic acids is 1. The first-order chi connectivity index (χ1) is 16.0.